The largest absolute Gasteiger partial charge is 0.479 e. The normalized spacial score (nSPS) is 15.5. The highest BCUT2D eigenvalue weighted by molar-refractivity contribution is 5.80. The molecule has 0 unspecified atom stereocenters. The lowest BCUT2D eigenvalue weighted by Gasteiger charge is -2.24. The van der Waals surface area contributed by atoms with Crippen LogP contribution in [-0.2, 0) is 12.7 Å². The molecule has 0 aromatic carbocycles. The van der Waals surface area contributed by atoms with E-state index in [1.165, 1.54) is 24.2 Å². The third-order valence-corrected chi connectivity index (χ3v) is 5.19. The molecule has 30 heavy (non-hydrogen) atoms. The van der Waals surface area contributed by atoms with Crippen molar-refractivity contribution in [2.45, 2.75) is 31.5 Å². The molecule has 0 amide bonds. The van der Waals surface area contributed by atoms with Crippen LogP contribution in [0.1, 0.15) is 35.7 Å². The van der Waals surface area contributed by atoms with Gasteiger partial charge in [-0.25, -0.2) is 9.97 Å². The zero-order chi connectivity index (χ0) is 21.3. The number of aromatic nitrogens is 5. The van der Waals surface area contributed by atoms with E-state index in [-0.39, 0.29) is 23.0 Å². The highest BCUT2D eigenvalue weighted by atomic mass is 19.4. The molecule has 4 heterocycles. The Balaban J connectivity index is 1.94. The fourth-order valence-electron chi connectivity index (χ4n) is 3.80. The Morgan fingerprint density at radius 2 is 1.90 bits per heavy atom. The van der Waals surface area contributed by atoms with Crippen LogP contribution in [0.15, 0.2) is 29.6 Å². The Morgan fingerprint density at radius 1 is 1.17 bits per heavy atom. The number of nitrogens with zero attached hydrogens (tertiary/aromatic N) is 5. The molecule has 1 saturated heterocycles. The average molecular weight is 420 g/mol. The number of rotatable bonds is 4. The van der Waals surface area contributed by atoms with Gasteiger partial charge in [0.15, 0.2) is 5.69 Å². The topological polar surface area (TPSA) is 94.8 Å². The van der Waals surface area contributed by atoms with Gasteiger partial charge < -0.3 is 10.1 Å². The van der Waals surface area contributed by atoms with E-state index in [1.54, 1.807) is 6.07 Å². The van der Waals surface area contributed by atoms with E-state index in [9.17, 15) is 18.0 Å². The van der Waals surface area contributed by atoms with Gasteiger partial charge in [-0.15, -0.1) is 0 Å². The lowest BCUT2D eigenvalue weighted by Crippen LogP contribution is -2.33. The predicted molar refractivity (Wildman–Crippen MR) is 101 cm³/mol. The molecular formula is C19H19F3N6O2. The van der Waals surface area contributed by atoms with E-state index in [0.717, 1.165) is 32.1 Å². The van der Waals surface area contributed by atoms with Crippen LogP contribution in [0.2, 0.25) is 0 Å². The summed E-state index contributed by atoms with van der Waals surface area (Å²) < 4.78 is 46.8. The second-order valence-electron chi connectivity index (χ2n) is 6.98. The number of alkyl halides is 3. The molecule has 1 aliphatic heterocycles. The van der Waals surface area contributed by atoms with Crippen LogP contribution in [0.25, 0.3) is 11.0 Å². The first-order valence-corrected chi connectivity index (χ1v) is 9.40. The standard InChI is InChI=1S/C19H19F3N6O2/c1-30-17-15-13(26-10-27-17)8-12(11-2-4-23-5-3-11)18(29)28(15)9-14-16(19(20,21)22)25-7-6-24-14/h6-8,10-11,23H,2-5,9H2,1H3. The smallest absolute Gasteiger partial charge is 0.435 e. The Labute approximate surface area is 169 Å². The Morgan fingerprint density at radius 3 is 2.60 bits per heavy atom. The molecule has 0 atom stereocenters. The van der Waals surface area contributed by atoms with Gasteiger partial charge in [0.1, 0.15) is 11.8 Å². The fraction of sp³-hybridized carbons (Fsp3) is 0.421. The predicted octanol–water partition coefficient (Wildman–Crippen LogP) is 2.12. The molecule has 0 saturated carbocycles. The van der Waals surface area contributed by atoms with Gasteiger partial charge in [-0.1, -0.05) is 0 Å². The molecule has 0 bridgehead atoms. The van der Waals surface area contributed by atoms with Crippen molar-refractivity contribution in [1.29, 1.82) is 0 Å². The summed E-state index contributed by atoms with van der Waals surface area (Å²) in [5.41, 5.74) is -0.729. The summed E-state index contributed by atoms with van der Waals surface area (Å²) in [7, 11) is 1.38. The van der Waals surface area contributed by atoms with E-state index >= 15 is 0 Å². The lowest BCUT2D eigenvalue weighted by atomic mass is 9.90. The molecule has 11 heteroatoms. The van der Waals surface area contributed by atoms with Gasteiger partial charge >= 0.3 is 6.18 Å². The van der Waals surface area contributed by atoms with Gasteiger partial charge in [-0.05, 0) is 37.9 Å². The zero-order valence-electron chi connectivity index (χ0n) is 16.1. The second-order valence-corrected chi connectivity index (χ2v) is 6.98. The number of halogens is 3. The number of methoxy groups -OCH3 is 1. The van der Waals surface area contributed by atoms with Crippen molar-refractivity contribution in [2.75, 3.05) is 20.2 Å². The first kappa shape index (κ1) is 20.2. The van der Waals surface area contributed by atoms with Gasteiger partial charge in [0.2, 0.25) is 5.88 Å². The van der Waals surface area contributed by atoms with E-state index in [4.69, 9.17) is 4.74 Å². The van der Waals surface area contributed by atoms with Crippen molar-refractivity contribution >= 4 is 11.0 Å². The van der Waals surface area contributed by atoms with E-state index in [2.05, 4.69) is 25.3 Å². The quantitative estimate of drug-likeness (QED) is 0.691. The number of hydrogen-bond donors (Lipinski definition) is 1. The zero-order valence-corrected chi connectivity index (χ0v) is 16.1. The number of piperidine rings is 1. The third kappa shape index (κ3) is 3.72. The minimum Gasteiger partial charge on any atom is -0.479 e. The summed E-state index contributed by atoms with van der Waals surface area (Å²) in [6.45, 7) is 1.09. The van der Waals surface area contributed by atoms with Crippen molar-refractivity contribution in [2.24, 2.45) is 0 Å². The number of fused-ring (bicyclic) bond motifs is 1. The third-order valence-electron chi connectivity index (χ3n) is 5.19. The molecule has 1 N–H and O–H groups in total. The molecule has 3 aromatic rings. The number of nitrogens with one attached hydrogen (secondary N) is 1. The van der Waals surface area contributed by atoms with Crippen LogP contribution in [0.3, 0.4) is 0 Å². The molecule has 3 aromatic heterocycles. The highest BCUT2D eigenvalue weighted by Crippen LogP contribution is 2.31. The van der Waals surface area contributed by atoms with Gasteiger partial charge in [0.25, 0.3) is 5.56 Å². The number of hydrogen-bond acceptors (Lipinski definition) is 7. The van der Waals surface area contributed by atoms with Crippen LogP contribution in [0, 0.1) is 0 Å². The highest BCUT2D eigenvalue weighted by Gasteiger charge is 2.36. The summed E-state index contributed by atoms with van der Waals surface area (Å²) in [6, 6.07) is 1.69. The van der Waals surface area contributed by atoms with Crippen LogP contribution in [0.5, 0.6) is 5.88 Å². The van der Waals surface area contributed by atoms with Gasteiger partial charge in [-0.2, -0.15) is 18.2 Å². The van der Waals surface area contributed by atoms with Crippen LogP contribution < -0.4 is 15.6 Å². The summed E-state index contributed by atoms with van der Waals surface area (Å²) in [4.78, 5) is 29.0. The minimum absolute atomic E-state index is 0.0145. The van der Waals surface area contributed by atoms with Crippen molar-refractivity contribution in [1.82, 2.24) is 29.8 Å². The molecular weight excluding hydrogens is 401 g/mol. The van der Waals surface area contributed by atoms with Crippen molar-refractivity contribution in [3.8, 4) is 5.88 Å². The Bertz CT molecular complexity index is 1130. The van der Waals surface area contributed by atoms with Gasteiger partial charge in [0, 0.05) is 18.0 Å². The van der Waals surface area contributed by atoms with Crippen molar-refractivity contribution < 1.29 is 17.9 Å². The molecule has 0 aliphatic carbocycles. The van der Waals surface area contributed by atoms with Crippen molar-refractivity contribution in [3.05, 3.63) is 52.1 Å². The second kappa shape index (κ2) is 7.98. The number of pyridine rings is 1. The number of ether oxygens (including phenoxy) is 1. The maximum Gasteiger partial charge on any atom is 0.435 e. The van der Waals surface area contributed by atoms with Gasteiger partial charge in [-0.3, -0.25) is 14.3 Å². The molecule has 1 aliphatic rings. The Hall–Kier alpha value is -3.08. The van der Waals surface area contributed by atoms with Crippen LogP contribution in [-0.4, -0.2) is 44.7 Å². The van der Waals surface area contributed by atoms with E-state index < -0.39 is 24.0 Å². The SMILES string of the molecule is COc1ncnc2cc(C3CCNCC3)c(=O)n(Cc3nccnc3C(F)(F)F)c12. The molecule has 0 radical (unpaired) electrons. The first-order chi connectivity index (χ1) is 14.4. The van der Waals surface area contributed by atoms with Crippen molar-refractivity contribution in [3.63, 3.8) is 0 Å². The van der Waals surface area contributed by atoms with Crippen LogP contribution >= 0.6 is 0 Å². The molecule has 158 valence electrons. The Kier molecular flexibility index (Phi) is 5.37. The summed E-state index contributed by atoms with van der Waals surface area (Å²) >= 11 is 0. The summed E-state index contributed by atoms with van der Waals surface area (Å²) in [5.74, 6) is 0.0886. The lowest BCUT2D eigenvalue weighted by molar-refractivity contribution is -0.142. The van der Waals surface area contributed by atoms with Gasteiger partial charge in [0.05, 0.1) is 24.9 Å². The molecule has 4 rings (SSSR count). The molecule has 1 fully saturated rings. The van der Waals surface area contributed by atoms with E-state index in [1.807, 2.05) is 0 Å². The van der Waals surface area contributed by atoms with Crippen LogP contribution in [0.4, 0.5) is 13.2 Å². The molecule has 0 spiro atoms. The maximum atomic E-state index is 13.4. The molecule has 8 nitrogen and oxygen atoms in total. The average Bonchev–Trinajstić information content (AvgIpc) is 2.75. The summed E-state index contributed by atoms with van der Waals surface area (Å²) in [5, 5.41) is 3.24. The monoisotopic (exact) mass is 420 g/mol. The fourth-order valence-corrected chi connectivity index (χ4v) is 3.80. The first-order valence-electron chi connectivity index (χ1n) is 9.40. The maximum absolute atomic E-state index is 13.4. The minimum atomic E-state index is -4.70. The summed E-state index contributed by atoms with van der Waals surface area (Å²) in [6.07, 6.45) is 0.246. The van der Waals surface area contributed by atoms with E-state index in [0.29, 0.717) is 11.1 Å².